The second kappa shape index (κ2) is 39.5. The molecule has 0 aromatic carbocycles. The van der Waals surface area contributed by atoms with Crippen molar-refractivity contribution in [3.8, 4) is 0 Å². The van der Waals surface area contributed by atoms with E-state index in [1.165, 1.54) is 186 Å². The molecule has 0 heterocycles. The van der Waals surface area contributed by atoms with Crippen molar-refractivity contribution >= 4 is 16.0 Å². The zero-order valence-corrected chi connectivity index (χ0v) is 35.3. The van der Waals surface area contributed by atoms with Gasteiger partial charge in [-0.15, -0.1) is 0 Å². The molecule has 6 nitrogen and oxygen atoms in total. The summed E-state index contributed by atoms with van der Waals surface area (Å²) in [4.78, 5) is 12.5. The second-order valence-electron chi connectivity index (χ2n) is 15.7. The fraction of sp³-hybridized carbons (Fsp3) is 0.889. The Labute approximate surface area is 324 Å². The van der Waals surface area contributed by atoms with Crippen LogP contribution in [0, 0.1) is 0 Å². The summed E-state index contributed by atoms with van der Waals surface area (Å²) in [6.07, 6.45) is 50.3. The van der Waals surface area contributed by atoms with Gasteiger partial charge in [-0.2, -0.15) is 8.42 Å². The number of nitrogens with one attached hydrogen (secondary N) is 1. The number of carbonyl (C=O) groups excluding carboxylic acids is 1. The standard InChI is InChI=1S/C45H87NO5S/c1-3-5-7-9-11-13-15-17-19-21-22-23-25-26-28-30-32-34-36-38-40-44(47)43(42-52(49,50)51)46-45(48)41-39-37-35-33-31-29-27-24-20-18-16-14-12-10-8-6-4-2/h30,32,38,40,43-44,47H,3-29,31,33-37,39,41-42H2,1-2H3,(H,46,48)(H,49,50,51)/b32-30+,40-38+. The van der Waals surface area contributed by atoms with Crippen molar-refractivity contribution in [1.29, 1.82) is 0 Å². The summed E-state index contributed by atoms with van der Waals surface area (Å²) < 4.78 is 32.5. The van der Waals surface area contributed by atoms with Gasteiger partial charge in [-0.05, 0) is 32.1 Å². The van der Waals surface area contributed by atoms with E-state index >= 15 is 0 Å². The maximum Gasteiger partial charge on any atom is 0.267 e. The van der Waals surface area contributed by atoms with Crippen molar-refractivity contribution in [2.75, 3.05) is 5.75 Å². The first kappa shape index (κ1) is 50.8. The van der Waals surface area contributed by atoms with Gasteiger partial charge in [0, 0.05) is 6.42 Å². The lowest BCUT2D eigenvalue weighted by Crippen LogP contribution is -2.46. The lowest BCUT2D eigenvalue weighted by molar-refractivity contribution is -0.122. The highest BCUT2D eigenvalue weighted by molar-refractivity contribution is 7.85. The molecular weight excluding hydrogens is 667 g/mol. The van der Waals surface area contributed by atoms with Crippen LogP contribution in [0.3, 0.4) is 0 Å². The molecule has 0 aliphatic heterocycles. The number of aliphatic hydroxyl groups excluding tert-OH is 1. The van der Waals surface area contributed by atoms with Gasteiger partial charge >= 0.3 is 0 Å². The number of rotatable bonds is 41. The molecule has 7 heteroatoms. The summed E-state index contributed by atoms with van der Waals surface area (Å²) in [7, 11) is -4.35. The van der Waals surface area contributed by atoms with Crippen LogP contribution in [0.1, 0.15) is 239 Å². The van der Waals surface area contributed by atoms with Gasteiger partial charge in [0.25, 0.3) is 10.1 Å². The Morgan fingerprint density at radius 1 is 0.500 bits per heavy atom. The molecule has 1 amide bonds. The van der Waals surface area contributed by atoms with Gasteiger partial charge in [-0.3, -0.25) is 9.35 Å². The van der Waals surface area contributed by atoms with Crippen LogP contribution in [0.15, 0.2) is 24.3 Å². The molecule has 3 N–H and O–H groups in total. The Hall–Kier alpha value is -1.18. The van der Waals surface area contributed by atoms with Gasteiger partial charge in [0.05, 0.1) is 17.9 Å². The van der Waals surface area contributed by atoms with E-state index in [1.807, 2.05) is 6.08 Å². The van der Waals surface area contributed by atoms with Crippen LogP contribution in [0.5, 0.6) is 0 Å². The van der Waals surface area contributed by atoms with Crippen LogP contribution in [0.4, 0.5) is 0 Å². The molecule has 0 bridgehead atoms. The number of hydrogen-bond donors (Lipinski definition) is 3. The fourth-order valence-electron chi connectivity index (χ4n) is 7.00. The van der Waals surface area contributed by atoms with Crippen LogP contribution < -0.4 is 5.32 Å². The first-order valence-electron chi connectivity index (χ1n) is 22.5. The van der Waals surface area contributed by atoms with Crippen LogP contribution in [0.25, 0.3) is 0 Å². The summed E-state index contributed by atoms with van der Waals surface area (Å²) in [5, 5.41) is 13.2. The number of hydrogen-bond acceptors (Lipinski definition) is 4. The predicted octanol–water partition coefficient (Wildman–Crippen LogP) is 13.5. The summed E-state index contributed by atoms with van der Waals surface area (Å²) >= 11 is 0. The number of allylic oxidation sites excluding steroid dienone is 3. The zero-order valence-electron chi connectivity index (χ0n) is 34.4. The van der Waals surface area contributed by atoms with E-state index in [0.717, 1.165) is 38.5 Å². The van der Waals surface area contributed by atoms with Gasteiger partial charge in [0.15, 0.2) is 0 Å². The number of aliphatic hydroxyl groups is 1. The van der Waals surface area contributed by atoms with E-state index < -0.39 is 28.0 Å². The molecule has 0 fully saturated rings. The van der Waals surface area contributed by atoms with Crippen LogP contribution >= 0.6 is 0 Å². The van der Waals surface area contributed by atoms with Crippen LogP contribution in [-0.4, -0.2) is 41.9 Å². The van der Waals surface area contributed by atoms with Crippen LogP contribution in [0.2, 0.25) is 0 Å². The average molecular weight is 754 g/mol. The van der Waals surface area contributed by atoms with Crippen molar-refractivity contribution in [1.82, 2.24) is 5.32 Å². The summed E-state index contributed by atoms with van der Waals surface area (Å²) in [5.74, 6) is -0.990. The van der Waals surface area contributed by atoms with Gasteiger partial charge in [0.1, 0.15) is 0 Å². The molecule has 0 saturated carbocycles. The highest BCUT2D eigenvalue weighted by atomic mass is 32.2. The zero-order chi connectivity index (χ0) is 38.2. The Morgan fingerprint density at radius 3 is 1.21 bits per heavy atom. The molecule has 0 aromatic rings. The Morgan fingerprint density at radius 2 is 0.827 bits per heavy atom. The van der Waals surface area contributed by atoms with Crippen molar-refractivity contribution in [2.24, 2.45) is 0 Å². The molecule has 0 rings (SSSR count). The highest BCUT2D eigenvalue weighted by Crippen LogP contribution is 2.16. The maximum absolute atomic E-state index is 12.5. The summed E-state index contributed by atoms with van der Waals surface area (Å²) in [6, 6.07) is -1.07. The summed E-state index contributed by atoms with van der Waals surface area (Å²) in [6.45, 7) is 4.54. The minimum Gasteiger partial charge on any atom is -0.387 e. The Bertz CT molecular complexity index is 919. The van der Waals surface area contributed by atoms with Gasteiger partial charge in [0.2, 0.25) is 5.91 Å². The second-order valence-corrected chi connectivity index (χ2v) is 17.2. The van der Waals surface area contributed by atoms with Crippen molar-refractivity contribution in [3.05, 3.63) is 24.3 Å². The lowest BCUT2D eigenvalue weighted by Gasteiger charge is -2.21. The lowest BCUT2D eigenvalue weighted by atomic mass is 10.0. The maximum atomic E-state index is 12.5. The van der Waals surface area contributed by atoms with Crippen molar-refractivity contribution in [2.45, 2.75) is 251 Å². The van der Waals surface area contributed by atoms with E-state index in [0.29, 0.717) is 6.42 Å². The predicted molar refractivity (Wildman–Crippen MR) is 226 cm³/mol. The summed E-state index contributed by atoms with van der Waals surface area (Å²) in [5.41, 5.74) is 0. The molecule has 0 aliphatic rings. The van der Waals surface area contributed by atoms with Crippen LogP contribution in [-0.2, 0) is 14.9 Å². The minimum absolute atomic E-state index is 0.284. The Balaban J connectivity index is 3.89. The quantitative estimate of drug-likeness (QED) is 0.0328. The number of carbonyl (C=O) groups is 1. The highest BCUT2D eigenvalue weighted by Gasteiger charge is 2.24. The first-order valence-corrected chi connectivity index (χ1v) is 24.1. The molecule has 2 atom stereocenters. The molecule has 308 valence electrons. The van der Waals surface area contributed by atoms with E-state index in [4.69, 9.17) is 0 Å². The van der Waals surface area contributed by atoms with E-state index in [1.54, 1.807) is 0 Å². The molecular formula is C45H87NO5S. The largest absolute Gasteiger partial charge is 0.387 e. The molecule has 0 saturated heterocycles. The average Bonchev–Trinajstić information content (AvgIpc) is 3.11. The van der Waals surface area contributed by atoms with Crippen molar-refractivity contribution < 1.29 is 22.9 Å². The minimum atomic E-state index is -4.35. The van der Waals surface area contributed by atoms with E-state index in [2.05, 4.69) is 31.3 Å². The smallest absolute Gasteiger partial charge is 0.267 e. The van der Waals surface area contributed by atoms with E-state index in [-0.39, 0.29) is 5.91 Å². The topological polar surface area (TPSA) is 104 Å². The number of unbranched alkanes of at least 4 members (excludes halogenated alkanes) is 31. The molecule has 52 heavy (non-hydrogen) atoms. The molecule has 0 aromatic heterocycles. The van der Waals surface area contributed by atoms with Crippen molar-refractivity contribution in [3.63, 3.8) is 0 Å². The fourth-order valence-corrected chi connectivity index (χ4v) is 7.73. The third-order valence-corrected chi connectivity index (χ3v) is 11.2. The molecule has 2 unspecified atom stereocenters. The third kappa shape index (κ3) is 40.0. The van der Waals surface area contributed by atoms with E-state index in [9.17, 15) is 22.9 Å². The van der Waals surface area contributed by atoms with Gasteiger partial charge < -0.3 is 10.4 Å². The third-order valence-electron chi connectivity index (χ3n) is 10.4. The molecule has 0 spiro atoms. The molecule has 0 aliphatic carbocycles. The first-order chi connectivity index (χ1) is 25.3. The Kier molecular flexibility index (Phi) is 38.6. The van der Waals surface area contributed by atoms with Gasteiger partial charge in [-0.1, -0.05) is 224 Å². The normalized spacial score (nSPS) is 13.4. The monoisotopic (exact) mass is 754 g/mol. The number of amides is 1. The SMILES string of the molecule is CCCCCCCCCCCCCCCC/C=C/CC/C=C/C(O)C(CS(=O)(=O)O)NC(=O)CCCCCCCCCCCCCCCCCCC. The van der Waals surface area contributed by atoms with Gasteiger partial charge in [-0.25, -0.2) is 0 Å². The molecule has 0 radical (unpaired) electrons.